The van der Waals surface area contributed by atoms with Gasteiger partial charge in [-0.05, 0) is 34.9 Å². The first-order valence-corrected chi connectivity index (χ1v) is 9.75. The zero-order valence-electron chi connectivity index (χ0n) is 14.3. The lowest BCUT2D eigenvalue weighted by Crippen LogP contribution is -2.25. The van der Waals surface area contributed by atoms with E-state index < -0.39 is 0 Å². The Labute approximate surface area is 166 Å². The van der Waals surface area contributed by atoms with Gasteiger partial charge in [0.05, 0.1) is 11.5 Å². The predicted octanol–water partition coefficient (Wildman–Crippen LogP) is 4.66. The molecule has 0 aliphatic carbocycles. The van der Waals surface area contributed by atoms with Crippen LogP contribution in [0.5, 0.6) is 0 Å². The number of amides is 1. The molecule has 0 bridgehead atoms. The largest absolute Gasteiger partial charge is 0.303 e. The van der Waals surface area contributed by atoms with E-state index in [2.05, 4.69) is 33.7 Å². The lowest BCUT2D eigenvalue weighted by molar-refractivity contribution is -0.118. The average molecular weight is 394 g/mol. The van der Waals surface area contributed by atoms with Crippen molar-refractivity contribution in [1.82, 2.24) is 5.32 Å². The molecule has 1 heterocycles. The average Bonchev–Trinajstić information content (AvgIpc) is 3.03. The minimum absolute atomic E-state index is 0.0472. The molecule has 1 aliphatic rings. The summed E-state index contributed by atoms with van der Waals surface area (Å²) in [4.78, 5) is 12.2. The summed E-state index contributed by atoms with van der Waals surface area (Å²) >= 11 is 7.30. The fourth-order valence-electron chi connectivity index (χ4n) is 2.93. The summed E-state index contributed by atoms with van der Waals surface area (Å²) in [5.41, 5.74) is 2.05. The number of carbonyl (C=O) groups excluding carboxylic acids is 1. The molecule has 3 aromatic rings. The van der Waals surface area contributed by atoms with Crippen molar-refractivity contribution in [2.24, 2.45) is 10.2 Å². The van der Waals surface area contributed by atoms with Crippen molar-refractivity contribution in [3.8, 4) is 0 Å². The SMILES string of the molecule is O=C1N/C(=N\N=C\c2cccc3ccccc23)SC1Cc1ccc(Cl)cc1. The lowest BCUT2D eigenvalue weighted by Gasteiger charge is -2.05. The monoisotopic (exact) mass is 393 g/mol. The highest BCUT2D eigenvalue weighted by atomic mass is 35.5. The van der Waals surface area contributed by atoms with Crippen molar-refractivity contribution in [3.05, 3.63) is 82.9 Å². The van der Waals surface area contributed by atoms with Gasteiger partial charge in [-0.25, -0.2) is 0 Å². The van der Waals surface area contributed by atoms with Gasteiger partial charge in [0.1, 0.15) is 0 Å². The third-order valence-corrected chi connectivity index (χ3v) is 5.60. The maximum atomic E-state index is 12.2. The van der Waals surface area contributed by atoms with Gasteiger partial charge in [0, 0.05) is 10.6 Å². The number of benzene rings is 3. The Hall–Kier alpha value is -2.63. The number of carbonyl (C=O) groups is 1. The number of nitrogens with one attached hydrogen (secondary N) is 1. The molecule has 6 heteroatoms. The number of hydrogen-bond donors (Lipinski definition) is 1. The van der Waals surface area contributed by atoms with Gasteiger partial charge in [-0.15, -0.1) is 5.10 Å². The molecule has 3 aromatic carbocycles. The Morgan fingerprint density at radius 2 is 1.81 bits per heavy atom. The zero-order chi connectivity index (χ0) is 18.6. The number of halogens is 1. The Bertz CT molecular complexity index is 1040. The van der Waals surface area contributed by atoms with E-state index in [1.54, 1.807) is 6.21 Å². The van der Waals surface area contributed by atoms with E-state index in [0.29, 0.717) is 16.6 Å². The van der Waals surface area contributed by atoms with Gasteiger partial charge in [0.25, 0.3) is 0 Å². The Morgan fingerprint density at radius 3 is 2.67 bits per heavy atom. The summed E-state index contributed by atoms with van der Waals surface area (Å²) in [5, 5.41) is 14.4. The number of amidine groups is 1. The van der Waals surface area contributed by atoms with Crippen LogP contribution in [-0.4, -0.2) is 22.5 Å². The van der Waals surface area contributed by atoms with Crippen LogP contribution in [0.15, 0.2) is 76.9 Å². The number of hydrogen-bond acceptors (Lipinski definition) is 4. The van der Waals surface area contributed by atoms with Crippen LogP contribution in [-0.2, 0) is 11.2 Å². The van der Waals surface area contributed by atoms with Crippen molar-refractivity contribution in [2.45, 2.75) is 11.7 Å². The van der Waals surface area contributed by atoms with Crippen molar-refractivity contribution in [3.63, 3.8) is 0 Å². The fraction of sp³-hybridized carbons (Fsp3) is 0.0952. The summed E-state index contributed by atoms with van der Waals surface area (Å²) in [6.07, 6.45) is 2.34. The molecule has 1 saturated heterocycles. The quantitative estimate of drug-likeness (QED) is 0.517. The molecule has 1 atom stereocenters. The van der Waals surface area contributed by atoms with Gasteiger partial charge in [0.2, 0.25) is 5.91 Å². The zero-order valence-corrected chi connectivity index (χ0v) is 15.9. The van der Waals surface area contributed by atoms with Crippen LogP contribution in [0.25, 0.3) is 10.8 Å². The van der Waals surface area contributed by atoms with E-state index in [-0.39, 0.29) is 11.2 Å². The minimum Gasteiger partial charge on any atom is -0.303 e. The molecular weight excluding hydrogens is 378 g/mol. The molecule has 1 fully saturated rings. The Morgan fingerprint density at radius 1 is 1.04 bits per heavy atom. The number of thioether (sulfide) groups is 1. The van der Waals surface area contributed by atoms with Crippen LogP contribution in [0.2, 0.25) is 5.02 Å². The molecule has 1 amide bonds. The second-order valence-electron chi connectivity index (χ2n) is 6.14. The highest BCUT2D eigenvalue weighted by Crippen LogP contribution is 2.24. The van der Waals surface area contributed by atoms with E-state index >= 15 is 0 Å². The summed E-state index contributed by atoms with van der Waals surface area (Å²) in [6.45, 7) is 0. The third kappa shape index (κ3) is 4.21. The van der Waals surface area contributed by atoms with E-state index in [0.717, 1.165) is 21.9 Å². The summed E-state index contributed by atoms with van der Waals surface area (Å²) in [7, 11) is 0. The first kappa shape index (κ1) is 17.8. The van der Waals surface area contributed by atoms with E-state index in [4.69, 9.17) is 11.6 Å². The van der Waals surface area contributed by atoms with Crippen LogP contribution >= 0.6 is 23.4 Å². The topological polar surface area (TPSA) is 53.8 Å². The molecule has 27 heavy (non-hydrogen) atoms. The van der Waals surface area contributed by atoms with E-state index in [9.17, 15) is 4.79 Å². The molecule has 1 unspecified atom stereocenters. The normalized spacial score (nSPS) is 18.5. The predicted molar refractivity (Wildman–Crippen MR) is 114 cm³/mol. The van der Waals surface area contributed by atoms with Gasteiger partial charge in [-0.1, -0.05) is 78.0 Å². The third-order valence-electron chi connectivity index (χ3n) is 4.28. The number of fused-ring (bicyclic) bond motifs is 1. The molecule has 134 valence electrons. The van der Waals surface area contributed by atoms with Gasteiger partial charge in [-0.2, -0.15) is 5.10 Å². The summed E-state index contributed by atoms with van der Waals surface area (Å²) in [5.74, 6) is -0.0472. The highest BCUT2D eigenvalue weighted by molar-refractivity contribution is 8.15. The van der Waals surface area contributed by atoms with Crippen molar-refractivity contribution in [1.29, 1.82) is 0 Å². The molecule has 0 spiro atoms. The maximum Gasteiger partial charge on any atom is 0.239 e. The lowest BCUT2D eigenvalue weighted by atomic mass is 10.1. The summed E-state index contributed by atoms with van der Waals surface area (Å²) in [6, 6.07) is 21.7. The molecule has 4 nitrogen and oxygen atoms in total. The molecule has 1 N–H and O–H groups in total. The number of rotatable bonds is 4. The molecule has 0 aromatic heterocycles. The maximum absolute atomic E-state index is 12.2. The standard InChI is InChI=1S/C21H16ClN3OS/c22-17-10-8-14(9-11-17)12-19-20(26)24-21(27-19)25-23-13-16-6-3-5-15-4-1-2-7-18(15)16/h1-11,13,19H,12H2,(H,24,25,26)/b23-13+. The highest BCUT2D eigenvalue weighted by Gasteiger charge is 2.30. The van der Waals surface area contributed by atoms with Crippen LogP contribution < -0.4 is 5.32 Å². The number of nitrogens with zero attached hydrogens (tertiary/aromatic N) is 2. The minimum atomic E-state index is -0.210. The van der Waals surface area contributed by atoms with Crippen molar-refractivity contribution in [2.75, 3.05) is 0 Å². The van der Waals surface area contributed by atoms with E-state index in [1.165, 1.54) is 11.8 Å². The van der Waals surface area contributed by atoms with Crippen LogP contribution in [0.4, 0.5) is 0 Å². The first-order chi connectivity index (χ1) is 13.2. The smallest absolute Gasteiger partial charge is 0.239 e. The van der Waals surface area contributed by atoms with Gasteiger partial charge in [-0.3, -0.25) is 4.79 Å². The van der Waals surface area contributed by atoms with Crippen LogP contribution in [0.3, 0.4) is 0 Å². The van der Waals surface area contributed by atoms with Gasteiger partial charge >= 0.3 is 0 Å². The first-order valence-electron chi connectivity index (χ1n) is 8.50. The fourth-order valence-corrected chi connectivity index (χ4v) is 4.02. The van der Waals surface area contributed by atoms with Gasteiger partial charge < -0.3 is 5.32 Å². The van der Waals surface area contributed by atoms with Crippen molar-refractivity contribution >= 4 is 51.4 Å². The molecule has 0 saturated carbocycles. The van der Waals surface area contributed by atoms with Gasteiger partial charge in [0.15, 0.2) is 5.17 Å². The van der Waals surface area contributed by atoms with Crippen LogP contribution in [0.1, 0.15) is 11.1 Å². The van der Waals surface area contributed by atoms with Crippen molar-refractivity contribution < 1.29 is 4.79 Å². The summed E-state index contributed by atoms with van der Waals surface area (Å²) < 4.78 is 0. The van der Waals surface area contributed by atoms with Crippen LogP contribution in [0, 0.1) is 0 Å². The molecule has 0 radical (unpaired) electrons. The second-order valence-corrected chi connectivity index (χ2v) is 7.77. The Balaban J connectivity index is 1.46. The van der Waals surface area contributed by atoms with E-state index in [1.807, 2.05) is 48.5 Å². The Kier molecular flexibility index (Phi) is 5.23. The molecule has 1 aliphatic heterocycles. The second kappa shape index (κ2) is 7.94. The molecule has 4 rings (SSSR count). The molecular formula is C21H16ClN3OS.